The van der Waals surface area contributed by atoms with Crippen molar-refractivity contribution in [2.75, 3.05) is 29.9 Å². The maximum Gasteiger partial charge on any atom is 0.434 e. The Hall–Kier alpha value is -2.75. The molecule has 1 atom stereocenters. The lowest BCUT2D eigenvalue weighted by atomic mass is 9.96. The fraction of sp³-hybridized carbons (Fsp3) is 0.615. The number of imidazole rings is 1. The van der Waals surface area contributed by atoms with Crippen molar-refractivity contribution in [1.29, 1.82) is 0 Å². The van der Waals surface area contributed by atoms with Gasteiger partial charge in [-0.05, 0) is 41.9 Å². The molecule has 0 bridgehead atoms. The number of ether oxygens (including phenoxy) is 1. The van der Waals surface area contributed by atoms with Gasteiger partial charge in [-0.15, -0.1) is 0 Å². The van der Waals surface area contributed by atoms with Gasteiger partial charge in [0.1, 0.15) is 6.73 Å². The average Bonchev–Trinajstić information content (AvgIpc) is 3.15. The molecular weight excluding hydrogens is 473 g/mol. The van der Waals surface area contributed by atoms with E-state index in [0.29, 0.717) is 24.1 Å². The first-order chi connectivity index (χ1) is 16.8. The van der Waals surface area contributed by atoms with Crippen molar-refractivity contribution >= 4 is 23.3 Å². The van der Waals surface area contributed by atoms with Crippen LogP contribution in [-0.2, 0) is 22.4 Å². The van der Waals surface area contributed by atoms with E-state index in [9.17, 15) is 23.1 Å². The summed E-state index contributed by atoms with van der Waals surface area (Å²) in [5, 5.41) is 12.4. The van der Waals surface area contributed by atoms with Crippen LogP contribution >= 0.6 is 0 Å². The van der Waals surface area contributed by atoms with Gasteiger partial charge in [0.05, 0.1) is 17.8 Å². The van der Waals surface area contributed by atoms with Crippen LogP contribution in [0.15, 0.2) is 24.4 Å². The van der Waals surface area contributed by atoms with Crippen LogP contribution < -0.4 is 10.2 Å². The van der Waals surface area contributed by atoms with Crippen LogP contribution in [0.4, 0.5) is 30.5 Å². The van der Waals surface area contributed by atoms with Crippen LogP contribution in [0, 0.1) is 11.8 Å². The van der Waals surface area contributed by atoms with E-state index in [2.05, 4.69) is 42.9 Å². The van der Waals surface area contributed by atoms with Crippen molar-refractivity contribution in [3.05, 3.63) is 35.7 Å². The van der Waals surface area contributed by atoms with Gasteiger partial charge in [0.25, 0.3) is 0 Å². The maximum absolute atomic E-state index is 13.5. The summed E-state index contributed by atoms with van der Waals surface area (Å²) in [6.45, 7) is 14.0. The molecule has 1 aromatic carbocycles. The zero-order chi connectivity index (χ0) is 27.0. The average molecular weight is 513 g/mol. The zero-order valence-electron chi connectivity index (χ0n) is 22.0. The van der Waals surface area contributed by atoms with Gasteiger partial charge in [0.2, 0.25) is 5.95 Å². The first-order valence-corrected chi connectivity index (χ1v) is 12.4. The summed E-state index contributed by atoms with van der Waals surface area (Å²) in [6, 6.07) is 5.61. The minimum Gasteiger partial charge on any atom is -0.481 e. The third-order valence-corrected chi connectivity index (χ3v) is 5.47. The van der Waals surface area contributed by atoms with Gasteiger partial charge in [0.15, 0.2) is 5.69 Å². The predicted octanol–water partition coefficient (Wildman–Crippen LogP) is 6.73. The molecule has 1 heterocycles. The van der Waals surface area contributed by atoms with Gasteiger partial charge >= 0.3 is 12.1 Å². The standard InChI is InChI=1S/C26H39F3N4O3/c1-7-10-36-16-33-15-23(26(27,28)29)31-25(33)30-21-12-20(19(6)11-24(34)35)8-9-22(21)32(13-17(2)3)14-18(4)5/h8-9,12,15,17-19H,7,10-11,13-14,16H2,1-6H3,(H,30,31)(H,34,35)/t19-/m1/s1. The van der Waals surface area contributed by atoms with Crippen molar-refractivity contribution in [1.82, 2.24) is 9.55 Å². The number of nitrogens with one attached hydrogen (secondary N) is 1. The molecule has 2 rings (SSSR count). The van der Waals surface area contributed by atoms with Crippen LogP contribution in [0.25, 0.3) is 0 Å². The Labute approximate surface area is 211 Å². The summed E-state index contributed by atoms with van der Waals surface area (Å²) in [5.74, 6) is -0.483. The Bertz CT molecular complexity index is 979. The molecule has 0 amide bonds. The molecule has 0 spiro atoms. The Balaban J connectivity index is 2.58. The molecule has 0 aliphatic rings. The molecule has 10 heteroatoms. The summed E-state index contributed by atoms with van der Waals surface area (Å²) in [5.41, 5.74) is 1.15. The number of benzene rings is 1. The van der Waals surface area contributed by atoms with Crippen LogP contribution in [0.3, 0.4) is 0 Å². The molecule has 36 heavy (non-hydrogen) atoms. The number of carbonyl (C=O) groups is 1. The molecule has 202 valence electrons. The minimum atomic E-state index is -4.60. The first kappa shape index (κ1) is 29.5. The van der Waals surface area contributed by atoms with Crippen LogP contribution in [0.1, 0.15) is 71.6 Å². The fourth-order valence-corrected chi connectivity index (χ4v) is 3.95. The highest BCUT2D eigenvalue weighted by atomic mass is 19.4. The van der Waals surface area contributed by atoms with E-state index in [1.807, 2.05) is 32.0 Å². The number of aliphatic carboxylic acids is 1. The van der Waals surface area contributed by atoms with Crippen molar-refractivity contribution in [2.45, 2.75) is 73.2 Å². The van der Waals surface area contributed by atoms with Gasteiger partial charge in [-0.3, -0.25) is 9.36 Å². The van der Waals surface area contributed by atoms with Crippen LogP contribution in [0.5, 0.6) is 0 Å². The lowest BCUT2D eigenvalue weighted by molar-refractivity contribution is -0.141. The quantitative estimate of drug-likeness (QED) is 0.273. The number of alkyl halides is 3. The van der Waals surface area contributed by atoms with E-state index >= 15 is 0 Å². The molecule has 2 N–H and O–H groups in total. The Morgan fingerprint density at radius 2 is 1.81 bits per heavy atom. The van der Waals surface area contributed by atoms with Gasteiger partial charge in [-0.1, -0.05) is 47.6 Å². The normalized spacial score (nSPS) is 12.9. The maximum atomic E-state index is 13.5. The third kappa shape index (κ3) is 8.72. The minimum absolute atomic E-state index is 0.0109. The lowest BCUT2D eigenvalue weighted by Gasteiger charge is -2.31. The predicted molar refractivity (Wildman–Crippen MR) is 136 cm³/mol. The van der Waals surface area contributed by atoms with E-state index in [-0.39, 0.29) is 25.0 Å². The highest BCUT2D eigenvalue weighted by molar-refractivity contribution is 5.75. The number of rotatable bonds is 14. The molecule has 2 aromatic rings. The SMILES string of the molecule is CCCOCn1cc(C(F)(F)F)nc1Nc1cc([C@H](C)CC(=O)O)ccc1N(CC(C)C)CC(C)C. The molecule has 1 aromatic heterocycles. The second-order valence-corrected chi connectivity index (χ2v) is 10.0. The van der Waals surface area contributed by atoms with Crippen molar-refractivity contribution < 1.29 is 27.8 Å². The summed E-state index contributed by atoms with van der Waals surface area (Å²) in [6.07, 6.45) is -2.99. The highest BCUT2D eigenvalue weighted by Crippen LogP contribution is 2.36. The number of hydrogen-bond donors (Lipinski definition) is 2. The molecule has 0 fully saturated rings. The molecule has 0 saturated heterocycles. The molecule has 0 unspecified atom stereocenters. The molecular formula is C26H39F3N4O3. The summed E-state index contributed by atoms with van der Waals surface area (Å²) >= 11 is 0. The van der Waals surface area contributed by atoms with E-state index in [4.69, 9.17) is 4.74 Å². The zero-order valence-corrected chi connectivity index (χ0v) is 22.0. The lowest BCUT2D eigenvalue weighted by Crippen LogP contribution is -2.32. The Morgan fingerprint density at radius 1 is 1.17 bits per heavy atom. The number of hydrogen-bond acceptors (Lipinski definition) is 5. The van der Waals surface area contributed by atoms with Crippen LogP contribution in [-0.4, -0.2) is 40.3 Å². The van der Waals surface area contributed by atoms with Crippen LogP contribution in [0.2, 0.25) is 0 Å². The van der Waals surface area contributed by atoms with Crippen molar-refractivity contribution in [3.8, 4) is 0 Å². The number of carboxylic acid groups (broad SMARTS) is 1. The largest absolute Gasteiger partial charge is 0.481 e. The number of anilines is 3. The molecule has 0 aliphatic carbocycles. The van der Waals surface area contributed by atoms with E-state index < -0.39 is 17.8 Å². The number of nitrogens with zero attached hydrogens (tertiary/aromatic N) is 3. The Morgan fingerprint density at radius 3 is 2.33 bits per heavy atom. The summed E-state index contributed by atoms with van der Waals surface area (Å²) in [7, 11) is 0. The number of halogens is 3. The molecule has 0 radical (unpaired) electrons. The topological polar surface area (TPSA) is 79.6 Å². The van der Waals surface area contributed by atoms with Gasteiger partial charge < -0.3 is 20.1 Å². The Kier molecular flexibility index (Phi) is 10.6. The second kappa shape index (κ2) is 13.0. The van der Waals surface area contributed by atoms with Crippen molar-refractivity contribution in [2.24, 2.45) is 11.8 Å². The smallest absolute Gasteiger partial charge is 0.434 e. The van der Waals surface area contributed by atoms with Gasteiger partial charge in [-0.2, -0.15) is 13.2 Å². The van der Waals surface area contributed by atoms with Gasteiger partial charge in [0, 0.05) is 25.9 Å². The van der Waals surface area contributed by atoms with E-state index in [0.717, 1.165) is 37.0 Å². The van der Waals surface area contributed by atoms with Gasteiger partial charge in [-0.25, -0.2) is 4.98 Å². The first-order valence-electron chi connectivity index (χ1n) is 12.4. The number of carboxylic acids is 1. The monoisotopic (exact) mass is 512 g/mol. The fourth-order valence-electron chi connectivity index (χ4n) is 3.95. The number of aromatic nitrogens is 2. The molecule has 0 saturated carbocycles. The molecule has 7 nitrogen and oxygen atoms in total. The summed E-state index contributed by atoms with van der Waals surface area (Å²) in [4.78, 5) is 17.3. The summed E-state index contributed by atoms with van der Waals surface area (Å²) < 4.78 is 47.3. The van der Waals surface area contributed by atoms with E-state index in [1.165, 1.54) is 4.57 Å². The van der Waals surface area contributed by atoms with Crippen molar-refractivity contribution in [3.63, 3.8) is 0 Å². The third-order valence-electron chi connectivity index (χ3n) is 5.47. The second-order valence-electron chi connectivity index (χ2n) is 10.0. The highest BCUT2D eigenvalue weighted by Gasteiger charge is 2.35. The van der Waals surface area contributed by atoms with E-state index in [1.54, 1.807) is 0 Å². The molecule has 0 aliphatic heterocycles.